The molecule has 0 spiro atoms. The Morgan fingerprint density at radius 2 is 1.90 bits per heavy atom. The smallest absolute Gasteiger partial charge is 0.355 e. The van der Waals surface area contributed by atoms with Crippen LogP contribution in [0.4, 0.5) is 19.0 Å². The fourth-order valence-electron chi connectivity index (χ4n) is 4.45. The molecule has 1 N–H and O–H groups in total. The Hall–Kier alpha value is -2.61. The lowest BCUT2D eigenvalue weighted by atomic mass is 9.88. The number of carbonyl (C=O) groups is 1. The molecule has 2 heterocycles. The lowest BCUT2D eigenvalue weighted by Crippen LogP contribution is -2.41. The number of fused-ring (bicyclic) bond motifs is 1. The molecule has 2 aliphatic rings. The van der Waals surface area contributed by atoms with Gasteiger partial charge in [0.15, 0.2) is 0 Å². The van der Waals surface area contributed by atoms with Crippen LogP contribution in [0.2, 0.25) is 0 Å². The zero-order valence-electron chi connectivity index (χ0n) is 17.4. The van der Waals surface area contributed by atoms with Gasteiger partial charge in [-0.15, -0.1) is 0 Å². The summed E-state index contributed by atoms with van der Waals surface area (Å²) in [5.41, 5.74) is 1.79. The van der Waals surface area contributed by atoms with Crippen LogP contribution in [-0.4, -0.2) is 48.5 Å². The van der Waals surface area contributed by atoms with Gasteiger partial charge in [-0.1, -0.05) is 24.3 Å². The molecule has 1 aliphatic heterocycles. The summed E-state index contributed by atoms with van der Waals surface area (Å²) in [5.74, 6) is 0.556. The molecule has 0 radical (unpaired) electrons. The summed E-state index contributed by atoms with van der Waals surface area (Å²) in [4.78, 5) is 20.8. The van der Waals surface area contributed by atoms with Gasteiger partial charge >= 0.3 is 6.18 Å². The van der Waals surface area contributed by atoms with Crippen LogP contribution in [0.15, 0.2) is 42.6 Å². The van der Waals surface area contributed by atoms with Crippen LogP contribution in [0.1, 0.15) is 42.0 Å². The number of rotatable bonds is 4. The van der Waals surface area contributed by atoms with E-state index in [9.17, 15) is 18.0 Å². The van der Waals surface area contributed by atoms with E-state index < -0.39 is 11.7 Å². The van der Waals surface area contributed by atoms with E-state index in [0.717, 1.165) is 44.5 Å². The number of hydrogen-bond donors (Lipinski definition) is 1. The largest absolute Gasteiger partial charge is 0.417 e. The second-order valence-electron chi connectivity index (χ2n) is 8.23. The molecule has 2 aromatic rings. The van der Waals surface area contributed by atoms with Gasteiger partial charge in [-0.2, -0.15) is 13.2 Å². The molecule has 1 aromatic carbocycles. The van der Waals surface area contributed by atoms with Crippen molar-refractivity contribution in [3.8, 4) is 0 Å². The number of aryl methyl sites for hydroxylation is 1. The van der Waals surface area contributed by atoms with Crippen LogP contribution in [-0.2, 0) is 17.4 Å². The van der Waals surface area contributed by atoms with Crippen molar-refractivity contribution in [2.45, 2.75) is 37.9 Å². The number of aromatic nitrogens is 1. The molecule has 4 rings (SSSR count). The van der Waals surface area contributed by atoms with Crippen LogP contribution in [0, 0.1) is 0 Å². The first kappa shape index (κ1) is 21.6. The predicted molar refractivity (Wildman–Crippen MR) is 113 cm³/mol. The number of benzene rings is 1. The Kier molecular flexibility index (Phi) is 6.46. The van der Waals surface area contributed by atoms with Gasteiger partial charge in [0.1, 0.15) is 5.82 Å². The second kappa shape index (κ2) is 9.26. The number of halogens is 3. The Labute approximate surface area is 180 Å². The van der Waals surface area contributed by atoms with Gasteiger partial charge in [-0.25, -0.2) is 4.98 Å². The minimum atomic E-state index is -4.38. The highest BCUT2D eigenvalue weighted by atomic mass is 19.4. The van der Waals surface area contributed by atoms with Crippen molar-refractivity contribution in [3.63, 3.8) is 0 Å². The minimum Gasteiger partial charge on any atom is -0.355 e. The number of hydrogen-bond acceptors (Lipinski definition) is 4. The molecule has 1 aromatic heterocycles. The average Bonchev–Trinajstić information content (AvgIpc) is 2.99. The summed E-state index contributed by atoms with van der Waals surface area (Å²) in [7, 11) is 0. The van der Waals surface area contributed by atoms with Crippen molar-refractivity contribution >= 4 is 11.7 Å². The van der Waals surface area contributed by atoms with E-state index >= 15 is 0 Å². The monoisotopic (exact) mass is 432 g/mol. The minimum absolute atomic E-state index is 0.0165. The van der Waals surface area contributed by atoms with E-state index in [0.29, 0.717) is 32.0 Å². The van der Waals surface area contributed by atoms with Crippen molar-refractivity contribution in [1.29, 1.82) is 0 Å². The number of pyridine rings is 1. The van der Waals surface area contributed by atoms with E-state index in [2.05, 4.69) is 27.3 Å². The molecule has 1 aliphatic carbocycles. The van der Waals surface area contributed by atoms with Crippen molar-refractivity contribution in [2.24, 2.45) is 0 Å². The average molecular weight is 432 g/mol. The molecular formula is C23H27F3N4O. The Bertz CT molecular complexity index is 900. The quantitative estimate of drug-likeness (QED) is 0.799. The van der Waals surface area contributed by atoms with Crippen LogP contribution in [0.5, 0.6) is 0 Å². The van der Waals surface area contributed by atoms with E-state index in [1.54, 1.807) is 0 Å². The van der Waals surface area contributed by atoms with Gasteiger partial charge in [0.2, 0.25) is 5.91 Å². The van der Waals surface area contributed by atoms with E-state index in [1.807, 2.05) is 17.0 Å². The molecule has 1 saturated heterocycles. The first-order chi connectivity index (χ1) is 14.9. The summed E-state index contributed by atoms with van der Waals surface area (Å²) in [6, 6.07) is 10.8. The van der Waals surface area contributed by atoms with Gasteiger partial charge in [0.05, 0.1) is 18.2 Å². The summed E-state index contributed by atoms with van der Waals surface area (Å²) < 4.78 is 38.3. The highest BCUT2D eigenvalue weighted by molar-refractivity contribution is 5.78. The number of nitrogens with one attached hydrogen (secondary N) is 1. The molecule has 5 nitrogen and oxygen atoms in total. The van der Waals surface area contributed by atoms with E-state index in [1.165, 1.54) is 17.2 Å². The molecule has 1 amide bonds. The maximum absolute atomic E-state index is 12.8. The van der Waals surface area contributed by atoms with Crippen molar-refractivity contribution in [3.05, 3.63) is 59.3 Å². The zero-order valence-corrected chi connectivity index (χ0v) is 17.4. The standard InChI is InChI=1S/C23H27F3N4O/c24-23(25,26)18-9-10-21(27-15-18)30-12-4-11-29(13-14-30)16-22(31)28-20-8-3-6-17-5-1-2-7-19(17)20/h1-2,5,7,9-10,15,20H,3-4,6,8,11-14,16H2,(H,28,31). The Morgan fingerprint density at radius 3 is 2.68 bits per heavy atom. The number of alkyl halides is 3. The Morgan fingerprint density at radius 1 is 1.06 bits per heavy atom. The molecule has 166 valence electrons. The zero-order chi connectivity index (χ0) is 21.8. The third-order valence-corrected chi connectivity index (χ3v) is 6.06. The number of amides is 1. The molecule has 1 fully saturated rings. The molecule has 1 atom stereocenters. The molecular weight excluding hydrogens is 405 g/mol. The third kappa shape index (κ3) is 5.36. The molecule has 0 saturated carbocycles. The summed E-state index contributed by atoms with van der Waals surface area (Å²) in [6.07, 6.45) is 0.405. The van der Waals surface area contributed by atoms with Crippen LogP contribution in [0.3, 0.4) is 0 Å². The van der Waals surface area contributed by atoms with Gasteiger partial charge in [0, 0.05) is 32.4 Å². The highest BCUT2D eigenvalue weighted by Gasteiger charge is 2.31. The molecule has 0 bridgehead atoms. The highest BCUT2D eigenvalue weighted by Crippen LogP contribution is 2.30. The SMILES string of the molecule is O=C(CN1CCCN(c2ccc(C(F)(F)F)cn2)CC1)NC1CCCc2ccccc21. The second-order valence-corrected chi connectivity index (χ2v) is 8.23. The lowest BCUT2D eigenvalue weighted by molar-refractivity contribution is -0.137. The third-order valence-electron chi connectivity index (χ3n) is 6.06. The van der Waals surface area contributed by atoms with Crippen molar-refractivity contribution in [2.75, 3.05) is 37.6 Å². The summed E-state index contributed by atoms with van der Waals surface area (Å²) in [6.45, 7) is 3.08. The number of anilines is 1. The number of carbonyl (C=O) groups excluding carboxylic acids is 1. The maximum atomic E-state index is 12.8. The Balaban J connectivity index is 1.31. The molecule has 1 unspecified atom stereocenters. The van der Waals surface area contributed by atoms with Gasteiger partial charge in [0.25, 0.3) is 0 Å². The van der Waals surface area contributed by atoms with Crippen molar-refractivity contribution < 1.29 is 18.0 Å². The van der Waals surface area contributed by atoms with Crippen LogP contribution >= 0.6 is 0 Å². The fraction of sp³-hybridized carbons (Fsp3) is 0.478. The van der Waals surface area contributed by atoms with Crippen LogP contribution < -0.4 is 10.2 Å². The molecule has 31 heavy (non-hydrogen) atoms. The first-order valence-electron chi connectivity index (χ1n) is 10.8. The van der Waals surface area contributed by atoms with E-state index in [-0.39, 0.29) is 11.9 Å². The van der Waals surface area contributed by atoms with Gasteiger partial charge in [-0.05, 0) is 48.9 Å². The number of nitrogens with zero attached hydrogens (tertiary/aromatic N) is 3. The fourth-order valence-corrected chi connectivity index (χ4v) is 4.45. The van der Waals surface area contributed by atoms with Gasteiger partial charge < -0.3 is 10.2 Å². The van der Waals surface area contributed by atoms with Crippen LogP contribution in [0.25, 0.3) is 0 Å². The summed E-state index contributed by atoms with van der Waals surface area (Å²) >= 11 is 0. The molecule has 8 heteroatoms. The van der Waals surface area contributed by atoms with E-state index in [4.69, 9.17) is 0 Å². The van der Waals surface area contributed by atoms with Gasteiger partial charge in [-0.3, -0.25) is 9.69 Å². The maximum Gasteiger partial charge on any atom is 0.417 e. The lowest BCUT2D eigenvalue weighted by Gasteiger charge is -2.28. The van der Waals surface area contributed by atoms with Crippen molar-refractivity contribution in [1.82, 2.24) is 15.2 Å². The summed E-state index contributed by atoms with van der Waals surface area (Å²) in [5, 5.41) is 3.19. The first-order valence-corrected chi connectivity index (χ1v) is 10.8. The topological polar surface area (TPSA) is 48.5 Å². The predicted octanol–water partition coefficient (Wildman–Crippen LogP) is 3.81. The normalized spacial score (nSPS) is 20.1.